The van der Waals surface area contributed by atoms with Crippen molar-refractivity contribution in [1.29, 1.82) is 0 Å². The molecule has 0 N–H and O–H groups in total. The minimum atomic E-state index is -0.845. The first-order valence-electron chi connectivity index (χ1n) is 7.80. The number of rotatable bonds is 5. The van der Waals surface area contributed by atoms with E-state index in [2.05, 4.69) is 4.74 Å². The number of esters is 2. The van der Waals surface area contributed by atoms with Gasteiger partial charge in [-0.05, 0) is 18.9 Å². The van der Waals surface area contributed by atoms with E-state index in [-0.39, 0.29) is 34.1 Å². The number of ether oxygens (including phenoxy) is 2. The predicted molar refractivity (Wildman–Crippen MR) is 89.7 cm³/mol. The quantitative estimate of drug-likeness (QED) is 0.431. The number of benzene rings is 1. The van der Waals surface area contributed by atoms with Crippen LogP contribution in [0, 0.1) is 16.0 Å². The Labute approximate surface area is 154 Å². The molecule has 0 unspecified atom stereocenters. The van der Waals surface area contributed by atoms with Gasteiger partial charge >= 0.3 is 11.9 Å². The summed E-state index contributed by atoms with van der Waals surface area (Å²) < 4.78 is 9.63. The highest BCUT2D eigenvalue weighted by Gasteiger charge is 2.28. The van der Waals surface area contributed by atoms with Gasteiger partial charge in [0.2, 0.25) is 0 Å². The molecule has 26 heavy (non-hydrogen) atoms. The smallest absolute Gasteiger partial charge is 0.340 e. The van der Waals surface area contributed by atoms with Crippen molar-refractivity contribution in [2.45, 2.75) is 12.8 Å². The average Bonchev–Trinajstić information content (AvgIpc) is 2.65. The number of nitro groups is 1. The molecule has 1 heterocycles. The zero-order valence-corrected chi connectivity index (χ0v) is 14.7. The van der Waals surface area contributed by atoms with E-state index in [1.54, 1.807) is 0 Å². The van der Waals surface area contributed by atoms with Crippen molar-refractivity contribution in [3.63, 3.8) is 0 Å². The number of methoxy groups -OCH3 is 1. The molecule has 1 aromatic rings. The lowest BCUT2D eigenvalue weighted by molar-refractivity contribution is -0.384. The summed E-state index contributed by atoms with van der Waals surface area (Å²) in [7, 11) is 1.32. The average molecular weight is 385 g/mol. The van der Waals surface area contributed by atoms with E-state index < -0.39 is 17.5 Å². The Hall–Kier alpha value is -2.68. The predicted octanol–water partition coefficient (Wildman–Crippen LogP) is 1.82. The number of nitrogens with zero attached hydrogens (tertiary/aromatic N) is 2. The normalized spacial score (nSPS) is 14.6. The third kappa shape index (κ3) is 4.69. The van der Waals surface area contributed by atoms with Crippen LogP contribution in [0.15, 0.2) is 18.2 Å². The van der Waals surface area contributed by atoms with Gasteiger partial charge in [-0.15, -0.1) is 0 Å². The highest BCUT2D eigenvalue weighted by molar-refractivity contribution is 6.33. The maximum absolute atomic E-state index is 12.1. The molecule has 10 heteroatoms. The second-order valence-corrected chi connectivity index (χ2v) is 6.08. The van der Waals surface area contributed by atoms with Crippen LogP contribution in [-0.4, -0.2) is 54.5 Å². The molecule has 0 radical (unpaired) electrons. The zero-order valence-electron chi connectivity index (χ0n) is 14.0. The molecule has 1 aliphatic heterocycles. The summed E-state index contributed by atoms with van der Waals surface area (Å²) in [5.74, 6) is -1.76. The molecule has 0 bridgehead atoms. The van der Waals surface area contributed by atoms with Crippen LogP contribution < -0.4 is 0 Å². The van der Waals surface area contributed by atoms with Crippen molar-refractivity contribution in [1.82, 2.24) is 4.90 Å². The number of likely N-dealkylation sites (tertiary alicyclic amines) is 1. The highest BCUT2D eigenvalue weighted by Crippen LogP contribution is 2.23. The summed E-state index contributed by atoms with van der Waals surface area (Å²) in [6.45, 7) is 0.262. The van der Waals surface area contributed by atoms with Crippen LogP contribution in [0.3, 0.4) is 0 Å². The van der Waals surface area contributed by atoms with Gasteiger partial charge in [0.15, 0.2) is 6.61 Å². The lowest BCUT2D eigenvalue weighted by Crippen LogP contribution is -2.42. The molecule has 1 amide bonds. The van der Waals surface area contributed by atoms with Gasteiger partial charge in [-0.1, -0.05) is 11.6 Å². The van der Waals surface area contributed by atoms with Gasteiger partial charge in [-0.25, -0.2) is 4.79 Å². The van der Waals surface area contributed by atoms with E-state index in [9.17, 15) is 24.5 Å². The Balaban J connectivity index is 1.87. The van der Waals surface area contributed by atoms with Crippen molar-refractivity contribution in [2.24, 2.45) is 5.92 Å². The van der Waals surface area contributed by atoms with Crippen LogP contribution in [0.25, 0.3) is 0 Å². The van der Waals surface area contributed by atoms with Crippen molar-refractivity contribution in [3.05, 3.63) is 38.9 Å². The van der Waals surface area contributed by atoms with E-state index in [0.29, 0.717) is 25.9 Å². The molecule has 140 valence electrons. The molecule has 0 aliphatic carbocycles. The van der Waals surface area contributed by atoms with Gasteiger partial charge in [0.05, 0.1) is 28.5 Å². The number of piperidine rings is 1. The number of non-ortho nitro benzene ring substituents is 1. The Bertz CT molecular complexity index is 729. The first-order valence-corrected chi connectivity index (χ1v) is 8.18. The number of hydrogen-bond acceptors (Lipinski definition) is 7. The maximum Gasteiger partial charge on any atom is 0.340 e. The van der Waals surface area contributed by atoms with Crippen LogP contribution in [0.1, 0.15) is 23.2 Å². The van der Waals surface area contributed by atoms with Crippen LogP contribution in [0.5, 0.6) is 0 Å². The van der Waals surface area contributed by atoms with E-state index in [4.69, 9.17) is 16.3 Å². The van der Waals surface area contributed by atoms with Crippen LogP contribution in [-0.2, 0) is 19.1 Å². The second kappa shape index (κ2) is 8.61. The SMILES string of the molecule is COC(=O)C1CCN(C(=O)COC(=O)c2ccc([N+](=O)[O-])cc2Cl)CC1. The minimum absolute atomic E-state index is 0.0607. The number of halogens is 1. The molecule has 0 saturated carbocycles. The summed E-state index contributed by atoms with van der Waals surface area (Å²) in [6, 6.07) is 3.34. The first kappa shape index (κ1) is 19.6. The van der Waals surface area contributed by atoms with Gasteiger partial charge in [0.25, 0.3) is 11.6 Å². The van der Waals surface area contributed by atoms with E-state index in [0.717, 1.165) is 12.1 Å². The standard InChI is InChI=1S/C16H17ClN2O7/c1-25-15(21)10-4-6-18(7-5-10)14(20)9-26-16(22)12-3-2-11(19(23)24)8-13(12)17/h2-3,8,10H,4-7,9H2,1H3. The topological polar surface area (TPSA) is 116 Å². The molecule has 1 saturated heterocycles. The fourth-order valence-electron chi connectivity index (χ4n) is 2.61. The number of nitro benzene ring substituents is 1. The molecule has 1 aromatic carbocycles. The lowest BCUT2D eigenvalue weighted by Gasteiger charge is -2.30. The highest BCUT2D eigenvalue weighted by atomic mass is 35.5. The third-order valence-electron chi connectivity index (χ3n) is 4.09. The Morgan fingerprint density at radius 1 is 1.31 bits per heavy atom. The maximum atomic E-state index is 12.1. The molecule has 1 fully saturated rings. The van der Waals surface area contributed by atoms with Crippen molar-refractivity contribution < 1.29 is 28.8 Å². The summed E-state index contributed by atoms with van der Waals surface area (Å²) in [4.78, 5) is 47.1. The van der Waals surface area contributed by atoms with Gasteiger partial charge in [0.1, 0.15) is 0 Å². The van der Waals surface area contributed by atoms with Crippen LogP contribution in [0.2, 0.25) is 5.02 Å². The lowest BCUT2D eigenvalue weighted by atomic mass is 9.97. The monoisotopic (exact) mass is 384 g/mol. The fourth-order valence-corrected chi connectivity index (χ4v) is 2.86. The summed E-state index contributed by atoms with van der Waals surface area (Å²) in [6.07, 6.45) is 0.973. The van der Waals surface area contributed by atoms with Gasteiger partial charge in [-0.3, -0.25) is 19.7 Å². The molecule has 2 rings (SSSR count). The number of amides is 1. The van der Waals surface area contributed by atoms with Gasteiger partial charge in [-0.2, -0.15) is 0 Å². The Morgan fingerprint density at radius 3 is 2.50 bits per heavy atom. The zero-order chi connectivity index (χ0) is 19.3. The van der Waals surface area contributed by atoms with Gasteiger partial charge in [0, 0.05) is 25.2 Å². The summed E-state index contributed by atoms with van der Waals surface area (Å²) in [5.41, 5.74) is -0.314. The molecule has 9 nitrogen and oxygen atoms in total. The van der Waals surface area contributed by atoms with Crippen molar-refractivity contribution >= 4 is 35.1 Å². The Kier molecular flexibility index (Phi) is 6.51. The molecular formula is C16H17ClN2O7. The van der Waals surface area contributed by atoms with Crippen LogP contribution >= 0.6 is 11.6 Å². The number of carbonyl (C=O) groups excluding carboxylic acids is 3. The molecule has 0 atom stereocenters. The van der Waals surface area contributed by atoms with E-state index in [1.807, 2.05) is 0 Å². The third-order valence-corrected chi connectivity index (χ3v) is 4.41. The first-order chi connectivity index (χ1) is 12.3. The van der Waals surface area contributed by atoms with Gasteiger partial charge < -0.3 is 14.4 Å². The summed E-state index contributed by atoms with van der Waals surface area (Å²) >= 11 is 5.85. The van der Waals surface area contributed by atoms with E-state index >= 15 is 0 Å². The molecule has 0 spiro atoms. The molecular weight excluding hydrogens is 368 g/mol. The number of carbonyl (C=O) groups is 3. The van der Waals surface area contributed by atoms with Crippen LogP contribution in [0.4, 0.5) is 5.69 Å². The van der Waals surface area contributed by atoms with E-state index in [1.165, 1.54) is 18.1 Å². The molecule has 0 aromatic heterocycles. The Morgan fingerprint density at radius 2 is 1.96 bits per heavy atom. The molecule has 1 aliphatic rings. The van der Waals surface area contributed by atoms with Crippen molar-refractivity contribution in [3.8, 4) is 0 Å². The van der Waals surface area contributed by atoms with Crippen molar-refractivity contribution in [2.75, 3.05) is 26.8 Å². The number of hydrogen-bond donors (Lipinski definition) is 0. The fraction of sp³-hybridized carbons (Fsp3) is 0.438. The largest absolute Gasteiger partial charge is 0.469 e. The minimum Gasteiger partial charge on any atom is -0.469 e. The summed E-state index contributed by atoms with van der Waals surface area (Å²) in [5, 5.41) is 10.5. The second-order valence-electron chi connectivity index (χ2n) is 5.68.